The van der Waals surface area contributed by atoms with Crippen molar-refractivity contribution in [1.29, 1.82) is 0 Å². The number of hydrogen-bond donors (Lipinski definition) is 0. The summed E-state index contributed by atoms with van der Waals surface area (Å²) in [6.45, 7) is 13.5. The number of aryl methyl sites for hydroxylation is 2. The normalized spacial score (nSPS) is 13.2. The Labute approximate surface area is 484 Å². The molecular weight excluding hydrogens is 1170 g/mol. The molecule has 14 rings (SSSR count). The average Bonchev–Trinajstić information content (AvgIpc) is 3.93. The third kappa shape index (κ3) is 8.10. The molecule has 2 aliphatic rings. The van der Waals surface area contributed by atoms with E-state index >= 15 is 0 Å². The molecule has 2 aromatic heterocycles. The molecule has 0 N–H and O–H groups in total. The minimum absolute atomic E-state index is 0.109. The van der Waals surface area contributed by atoms with Crippen LogP contribution in [-0.4, -0.2) is 14.1 Å². The number of pyridine rings is 1. The van der Waals surface area contributed by atoms with Crippen LogP contribution in [-0.2, 0) is 30.2 Å². The summed E-state index contributed by atoms with van der Waals surface area (Å²) in [6.07, 6.45) is 1.96. The maximum Gasteiger partial charge on any atom is -0.0348 e. The minimum Gasteiger partial charge on any atom is -0.0459 e. The Kier molecular flexibility index (Phi) is 12.1. The Hall–Kier alpha value is -9.09. The summed E-state index contributed by atoms with van der Waals surface area (Å²) in [5.41, 5.74) is 23.4. The summed E-state index contributed by atoms with van der Waals surface area (Å²) in [7, 11) is 0. The molecule has 12 aromatic rings. The fraction of sp³-hybridized carbons (Fsp3) is 0.108. The summed E-state index contributed by atoms with van der Waals surface area (Å²) < 4.78 is 13.0. The molecule has 1 spiro atoms. The molecule has 4 heterocycles. The van der Waals surface area contributed by atoms with Crippen molar-refractivity contribution in [3.63, 3.8) is 0 Å². The maximum absolute atomic E-state index is 7.20. The molecule has 7 heteroatoms. The van der Waals surface area contributed by atoms with Gasteiger partial charge in [0, 0.05) is 11.9 Å². The molecular formula is C74H59N5OPt. The third-order valence-electron chi connectivity index (χ3n) is 16.7. The topological polar surface area (TPSA) is 38.5 Å². The number of fused-ring (bicyclic) bond motifs is 9. The first kappa shape index (κ1) is 50.2. The molecule has 0 unspecified atom stereocenters. The molecule has 0 saturated carbocycles. The van der Waals surface area contributed by atoms with E-state index in [0.717, 1.165) is 94.0 Å². The van der Waals surface area contributed by atoms with E-state index in [9.17, 15) is 0 Å². The van der Waals surface area contributed by atoms with Gasteiger partial charge in [-0.25, -0.2) is 0 Å². The molecule has 0 radical (unpaired) electrons. The van der Waals surface area contributed by atoms with Crippen molar-refractivity contribution in [2.24, 2.45) is 0 Å². The molecule has 0 amide bonds. The predicted octanol–water partition coefficient (Wildman–Crippen LogP) is 19.2. The van der Waals surface area contributed by atoms with Gasteiger partial charge in [-0.15, -0.1) is 0 Å². The van der Waals surface area contributed by atoms with E-state index in [-0.39, 0.29) is 5.41 Å². The Bertz CT molecular complexity index is 4380. The van der Waals surface area contributed by atoms with Crippen molar-refractivity contribution >= 4 is 45.3 Å². The number of para-hydroxylation sites is 6. The molecule has 6 nitrogen and oxygen atoms in total. The number of hydrogen-bond acceptors (Lipinski definition) is 4. The van der Waals surface area contributed by atoms with Gasteiger partial charge in [-0.05, 0) is 78.8 Å². The van der Waals surface area contributed by atoms with Crippen LogP contribution >= 0.6 is 0 Å². The quantitative estimate of drug-likeness (QED) is 0.152. The number of nitrogens with zero attached hydrogens (tertiary/aromatic N) is 5. The van der Waals surface area contributed by atoms with Crippen LogP contribution in [0.5, 0.6) is 11.5 Å². The Morgan fingerprint density at radius 2 is 0.938 bits per heavy atom. The van der Waals surface area contributed by atoms with Gasteiger partial charge in [0.25, 0.3) is 0 Å². The minimum atomic E-state index is -0.734. The van der Waals surface area contributed by atoms with Gasteiger partial charge in [0.1, 0.15) is 0 Å². The third-order valence-corrected chi connectivity index (χ3v) is 17.7. The summed E-state index contributed by atoms with van der Waals surface area (Å²) in [5, 5.41) is 0. The summed E-state index contributed by atoms with van der Waals surface area (Å²) >= 11 is 2.52. The standard InChI is InChI=1S/C74H59N5O.Pt/c1-49-43-56(44-50(2)51(49)3)78-65-34-16-13-31-61(65)74(62-32-14-17-35-66(62)78)63-33-15-18-36-67(63)79(71-45-54(41-42-75-71)73(4,5)6)70-47-58(39-40-64(70)74)80-57-28-21-27-55(46-57)76-48-77(69-38-20-19-37-68(69)76)72-59(52-23-9-7-10-24-52)29-22-30-60(72)53-25-11-8-12-26-53;/h7-47H,1-6H3;. The average molecular weight is 1230 g/mol. The second kappa shape index (κ2) is 19.6. The molecule has 0 fully saturated rings. The predicted molar refractivity (Wildman–Crippen MR) is 329 cm³/mol. The largest absolute Gasteiger partial charge is 0.0459 e. The van der Waals surface area contributed by atoms with Crippen molar-refractivity contribution in [3.8, 4) is 45.1 Å². The van der Waals surface area contributed by atoms with Gasteiger partial charge in [0.2, 0.25) is 0 Å². The van der Waals surface area contributed by atoms with E-state index in [0.29, 0.717) is 5.75 Å². The fourth-order valence-corrected chi connectivity index (χ4v) is 13.8. The van der Waals surface area contributed by atoms with Crippen LogP contribution in [0, 0.1) is 24.6 Å². The maximum atomic E-state index is 7.20. The zero-order chi connectivity index (χ0) is 55.1. The van der Waals surface area contributed by atoms with Gasteiger partial charge >= 0.3 is 306 Å². The van der Waals surface area contributed by atoms with Crippen molar-refractivity contribution in [1.82, 2.24) is 14.1 Å². The SMILES string of the molecule is Cc1cc(N2c3ccccc3C3(c4ccccc42)c2ccccc2N(c2cc(C(C)(C)C)ccn2)c2cc(Oc4cccc(-n5[c](=[Pt])n(-c6c(-c7ccccc7)cccc6-c6ccccc6)c6ccccc65)c4)ccc23)cc(C)c1C. The monoisotopic (exact) mass is 1230 g/mol. The molecule has 396 valence electrons. The van der Waals surface area contributed by atoms with Crippen LogP contribution in [0.1, 0.15) is 65.3 Å². The second-order valence-electron chi connectivity index (χ2n) is 22.4. The molecule has 0 saturated heterocycles. The van der Waals surface area contributed by atoms with Crippen LogP contribution in [0.25, 0.3) is 44.7 Å². The van der Waals surface area contributed by atoms with Crippen molar-refractivity contribution in [2.45, 2.75) is 52.4 Å². The van der Waals surface area contributed by atoms with Crippen LogP contribution in [0.4, 0.5) is 34.3 Å². The van der Waals surface area contributed by atoms with E-state index in [1.165, 1.54) is 38.9 Å². The number of aromatic nitrogens is 3. The summed E-state index contributed by atoms with van der Waals surface area (Å²) in [5.74, 6) is 2.29. The van der Waals surface area contributed by atoms with E-state index in [1.54, 1.807) is 0 Å². The number of ether oxygens (including phenoxy) is 1. The molecule has 10 aromatic carbocycles. The van der Waals surface area contributed by atoms with Gasteiger partial charge in [-0.3, -0.25) is 0 Å². The zero-order valence-corrected chi connectivity index (χ0v) is 48.4. The van der Waals surface area contributed by atoms with Crippen molar-refractivity contribution < 1.29 is 24.1 Å². The van der Waals surface area contributed by atoms with Crippen LogP contribution in [0.2, 0.25) is 0 Å². The van der Waals surface area contributed by atoms with Crippen molar-refractivity contribution in [3.05, 3.63) is 297 Å². The van der Waals surface area contributed by atoms with Gasteiger partial charge in [0.15, 0.2) is 0 Å². The smallest absolute Gasteiger partial charge is 0.0348 e. The summed E-state index contributed by atoms with van der Waals surface area (Å²) in [4.78, 5) is 10.0. The Balaban J connectivity index is 0.953. The van der Waals surface area contributed by atoms with Gasteiger partial charge in [-0.2, -0.15) is 0 Å². The van der Waals surface area contributed by atoms with Gasteiger partial charge < -0.3 is 4.90 Å². The first-order chi connectivity index (χ1) is 39.5. The Morgan fingerprint density at radius 3 is 1.53 bits per heavy atom. The Morgan fingerprint density at radius 1 is 0.432 bits per heavy atom. The summed E-state index contributed by atoms with van der Waals surface area (Å²) in [6, 6.07) is 88.1. The van der Waals surface area contributed by atoms with Crippen LogP contribution < -0.4 is 14.5 Å². The second-order valence-corrected chi connectivity index (χ2v) is 23.5. The molecule has 0 bridgehead atoms. The van der Waals surface area contributed by atoms with E-state index < -0.39 is 5.41 Å². The van der Waals surface area contributed by atoms with Gasteiger partial charge in [-0.1, -0.05) is 75.4 Å². The molecule has 81 heavy (non-hydrogen) atoms. The number of benzene rings is 10. The van der Waals surface area contributed by atoms with Crippen molar-refractivity contribution in [2.75, 3.05) is 9.80 Å². The molecule has 0 atom stereocenters. The van der Waals surface area contributed by atoms with Crippen LogP contribution in [0.15, 0.2) is 249 Å². The number of rotatable bonds is 8. The first-order valence-corrected chi connectivity index (χ1v) is 28.9. The zero-order valence-electron chi connectivity index (χ0n) is 46.1. The number of imidazole rings is 1. The first-order valence-electron chi connectivity index (χ1n) is 27.8. The fourth-order valence-electron chi connectivity index (χ4n) is 12.7. The van der Waals surface area contributed by atoms with E-state index in [2.05, 4.69) is 322 Å². The van der Waals surface area contributed by atoms with Crippen LogP contribution in [0.3, 0.4) is 0 Å². The van der Waals surface area contributed by atoms with E-state index in [4.69, 9.17) is 9.72 Å². The number of anilines is 6. The van der Waals surface area contributed by atoms with E-state index in [1.807, 2.05) is 6.20 Å². The van der Waals surface area contributed by atoms with Gasteiger partial charge in [0.05, 0.1) is 11.4 Å². The molecule has 2 aliphatic heterocycles. The molecule has 0 aliphatic carbocycles.